The van der Waals surface area contributed by atoms with Crippen LogP contribution in [0.4, 0.5) is 17.2 Å². The van der Waals surface area contributed by atoms with Gasteiger partial charge in [0.1, 0.15) is 11.0 Å². The van der Waals surface area contributed by atoms with E-state index in [1.165, 1.54) is 12.1 Å². The van der Waals surface area contributed by atoms with Crippen LogP contribution in [-0.4, -0.2) is 14.8 Å². The number of aromatic nitrogens is 1. The summed E-state index contributed by atoms with van der Waals surface area (Å²) in [5, 5.41) is 24.4. The minimum atomic E-state index is -0.594. The van der Waals surface area contributed by atoms with E-state index in [1.54, 1.807) is 18.2 Å². The lowest BCUT2D eigenvalue weighted by Crippen LogP contribution is -2.05. The number of para-hydroxylation sites is 1. The van der Waals surface area contributed by atoms with Crippen LogP contribution in [0, 0.1) is 20.2 Å². The zero-order valence-corrected chi connectivity index (χ0v) is 11.3. The van der Waals surface area contributed by atoms with Crippen LogP contribution in [0.5, 0.6) is 0 Å². The first kappa shape index (κ1) is 14.7. The second-order valence-electron chi connectivity index (χ2n) is 4.03. The average Bonchev–Trinajstić information content (AvgIpc) is 2.44. The van der Waals surface area contributed by atoms with Crippen molar-refractivity contribution in [1.82, 2.24) is 4.98 Å². The quantitative estimate of drug-likeness (QED) is 0.516. The topological polar surface area (TPSA) is 111 Å². The van der Waals surface area contributed by atoms with Crippen LogP contribution < -0.4 is 5.32 Å². The summed E-state index contributed by atoms with van der Waals surface area (Å²) in [6, 6.07) is 8.52. The lowest BCUT2D eigenvalue weighted by atomic mass is 10.2. The highest BCUT2D eigenvalue weighted by Crippen LogP contribution is 2.22. The third kappa shape index (κ3) is 3.63. The summed E-state index contributed by atoms with van der Waals surface area (Å²) in [6.45, 7) is 0.0989. The molecule has 0 bridgehead atoms. The van der Waals surface area contributed by atoms with Crippen LogP contribution in [0.3, 0.4) is 0 Å². The molecule has 2 rings (SSSR count). The predicted octanol–water partition coefficient (Wildman–Crippen LogP) is 3.16. The first-order valence-electron chi connectivity index (χ1n) is 5.75. The molecule has 0 saturated heterocycles. The molecule has 8 nitrogen and oxygen atoms in total. The molecule has 1 heterocycles. The van der Waals surface area contributed by atoms with E-state index in [2.05, 4.69) is 10.3 Å². The molecule has 0 unspecified atom stereocenters. The van der Waals surface area contributed by atoms with Gasteiger partial charge in [-0.2, -0.15) is 0 Å². The van der Waals surface area contributed by atoms with Crippen LogP contribution in [0.1, 0.15) is 5.56 Å². The van der Waals surface area contributed by atoms with E-state index in [9.17, 15) is 20.2 Å². The number of benzene rings is 1. The number of rotatable bonds is 5. The maximum atomic E-state index is 10.9. The summed E-state index contributed by atoms with van der Waals surface area (Å²) in [6.07, 6.45) is 0. The Labute approximate surface area is 123 Å². The van der Waals surface area contributed by atoms with Crippen molar-refractivity contribution in [1.29, 1.82) is 0 Å². The summed E-state index contributed by atoms with van der Waals surface area (Å²) in [7, 11) is 0. The van der Waals surface area contributed by atoms with Crippen LogP contribution in [-0.2, 0) is 6.54 Å². The normalized spacial score (nSPS) is 10.1. The Hall–Kier alpha value is -2.74. The Bertz CT molecular complexity index is 707. The van der Waals surface area contributed by atoms with E-state index < -0.39 is 9.85 Å². The number of anilines is 1. The molecule has 0 aliphatic carbocycles. The minimum Gasteiger partial charge on any atom is -0.365 e. The van der Waals surface area contributed by atoms with Crippen molar-refractivity contribution in [3.8, 4) is 0 Å². The second kappa shape index (κ2) is 6.14. The van der Waals surface area contributed by atoms with Crippen LogP contribution in [0.25, 0.3) is 0 Å². The van der Waals surface area contributed by atoms with Gasteiger partial charge in [-0.05, 0) is 0 Å². The summed E-state index contributed by atoms with van der Waals surface area (Å²) in [5.74, 6) is 0.173. The zero-order chi connectivity index (χ0) is 15.4. The molecule has 0 fully saturated rings. The Morgan fingerprint density at radius 2 is 1.86 bits per heavy atom. The lowest BCUT2D eigenvalue weighted by molar-refractivity contribution is -0.385. The van der Waals surface area contributed by atoms with Gasteiger partial charge < -0.3 is 5.32 Å². The fourth-order valence-electron chi connectivity index (χ4n) is 1.70. The number of nitrogens with one attached hydrogen (secondary N) is 1. The van der Waals surface area contributed by atoms with E-state index in [1.807, 2.05) is 0 Å². The monoisotopic (exact) mass is 308 g/mol. The molecular weight excluding hydrogens is 300 g/mol. The van der Waals surface area contributed by atoms with Crippen molar-refractivity contribution in [2.24, 2.45) is 0 Å². The molecule has 0 atom stereocenters. The van der Waals surface area contributed by atoms with Crippen molar-refractivity contribution < 1.29 is 9.85 Å². The SMILES string of the molecule is O=[N+]([O-])c1cc(Cl)nc(NCc2ccccc2[N+](=O)[O-])c1. The van der Waals surface area contributed by atoms with Gasteiger partial charge in [-0.1, -0.05) is 29.8 Å². The molecule has 108 valence electrons. The van der Waals surface area contributed by atoms with Gasteiger partial charge in [0.2, 0.25) is 0 Å². The molecule has 0 saturated carbocycles. The van der Waals surface area contributed by atoms with Gasteiger partial charge in [0.05, 0.1) is 22.0 Å². The van der Waals surface area contributed by atoms with Gasteiger partial charge >= 0.3 is 0 Å². The Morgan fingerprint density at radius 3 is 2.52 bits per heavy atom. The summed E-state index contributed by atoms with van der Waals surface area (Å²) >= 11 is 5.69. The Balaban J connectivity index is 2.21. The standard InChI is InChI=1S/C12H9ClN4O4/c13-11-5-9(16(18)19)6-12(15-11)14-7-8-3-1-2-4-10(8)17(20)21/h1-6H,7H2,(H,14,15). The fourth-order valence-corrected chi connectivity index (χ4v) is 1.91. The molecule has 0 radical (unpaired) electrons. The van der Waals surface area contributed by atoms with Crippen molar-refractivity contribution in [2.45, 2.75) is 6.54 Å². The van der Waals surface area contributed by atoms with E-state index in [-0.39, 0.29) is 28.9 Å². The van der Waals surface area contributed by atoms with Crippen LogP contribution >= 0.6 is 11.6 Å². The number of pyridine rings is 1. The van der Waals surface area contributed by atoms with Gasteiger partial charge in [0, 0.05) is 18.2 Å². The van der Waals surface area contributed by atoms with Crippen LogP contribution in [0.15, 0.2) is 36.4 Å². The van der Waals surface area contributed by atoms with E-state index in [4.69, 9.17) is 11.6 Å². The largest absolute Gasteiger partial charge is 0.365 e. The maximum absolute atomic E-state index is 10.9. The molecule has 21 heavy (non-hydrogen) atoms. The van der Waals surface area contributed by atoms with E-state index in [0.29, 0.717) is 5.56 Å². The Morgan fingerprint density at radius 1 is 1.14 bits per heavy atom. The van der Waals surface area contributed by atoms with E-state index >= 15 is 0 Å². The Kier molecular flexibility index (Phi) is 4.29. The van der Waals surface area contributed by atoms with Crippen molar-refractivity contribution >= 4 is 28.8 Å². The number of hydrogen-bond acceptors (Lipinski definition) is 6. The van der Waals surface area contributed by atoms with Crippen molar-refractivity contribution in [2.75, 3.05) is 5.32 Å². The zero-order valence-electron chi connectivity index (χ0n) is 10.5. The number of nitro groups is 2. The molecule has 1 aromatic carbocycles. The predicted molar refractivity (Wildman–Crippen MR) is 76.3 cm³/mol. The van der Waals surface area contributed by atoms with Crippen LogP contribution in [0.2, 0.25) is 5.15 Å². The summed E-state index contributed by atoms with van der Waals surface area (Å²) < 4.78 is 0. The number of hydrogen-bond donors (Lipinski definition) is 1. The van der Waals surface area contributed by atoms with Crippen molar-refractivity contribution in [3.63, 3.8) is 0 Å². The average molecular weight is 309 g/mol. The molecular formula is C12H9ClN4O4. The highest BCUT2D eigenvalue weighted by molar-refractivity contribution is 6.29. The van der Waals surface area contributed by atoms with Gasteiger partial charge in [0.25, 0.3) is 11.4 Å². The van der Waals surface area contributed by atoms with Gasteiger partial charge in [-0.15, -0.1) is 0 Å². The first-order chi connectivity index (χ1) is 9.97. The van der Waals surface area contributed by atoms with Gasteiger partial charge in [-0.3, -0.25) is 20.2 Å². The fraction of sp³-hybridized carbons (Fsp3) is 0.0833. The molecule has 0 aliphatic rings. The number of nitrogens with zero attached hydrogens (tertiary/aromatic N) is 3. The molecule has 1 N–H and O–H groups in total. The number of nitro benzene ring substituents is 1. The highest BCUT2D eigenvalue weighted by atomic mass is 35.5. The third-order valence-corrected chi connectivity index (χ3v) is 2.83. The maximum Gasteiger partial charge on any atom is 0.276 e. The first-order valence-corrected chi connectivity index (χ1v) is 6.13. The van der Waals surface area contributed by atoms with Crippen molar-refractivity contribution in [3.05, 3.63) is 67.3 Å². The van der Waals surface area contributed by atoms with E-state index in [0.717, 1.165) is 6.07 Å². The molecule has 0 spiro atoms. The molecule has 2 aromatic rings. The molecule has 0 amide bonds. The second-order valence-corrected chi connectivity index (χ2v) is 4.42. The van der Waals surface area contributed by atoms with Gasteiger partial charge in [0.15, 0.2) is 0 Å². The summed E-state index contributed by atoms with van der Waals surface area (Å²) in [4.78, 5) is 24.4. The molecule has 1 aromatic heterocycles. The van der Waals surface area contributed by atoms with Gasteiger partial charge in [-0.25, -0.2) is 4.98 Å². The summed E-state index contributed by atoms with van der Waals surface area (Å²) in [5.41, 5.74) is 0.188. The highest BCUT2D eigenvalue weighted by Gasteiger charge is 2.14. The number of halogens is 1. The minimum absolute atomic E-state index is 0.0331. The molecule has 0 aliphatic heterocycles. The lowest BCUT2D eigenvalue weighted by Gasteiger charge is -2.06. The smallest absolute Gasteiger partial charge is 0.276 e. The third-order valence-electron chi connectivity index (χ3n) is 2.64. The molecule has 9 heteroatoms.